The molecule has 0 aromatic carbocycles. The van der Waals surface area contributed by atoms with Gasteiger partial charge in [-0.05, 0) is 19.3 Å². The third kappa shape index (κ3) is 2.93. The van der Waals surface area contributed by atoms with Crippen LogP contribution in [-0.4, -0.2) is 28.0 Å². The Morgan fingerprint density at radius 3 is 2.78 bits per heavy atom. The number of aryl methyl sites for hydroxylation is 2. The minimum atomic E-state index is 0.134. The summed E-state index contributed by atoms with van der Waals surface area (Å²) in [5.41, 5.74) is 2.59. The van der Waals surface area contributed by atoms with E-state index in [1.807, 2.05) is 11.7 Å². The lowest BCUT2D eigenvalue weighted by molar-refractivity contribution is 0.128. The molecule has 2 N–H and O–H groups in total. The maximum atomic E-state index is 9.56. The molecular weight excluding hydrogens is 226 g/mol. The number of aromatic nitrogens is 2. The van der Waals surface area contributed by atoms with Gasteiger partial charge in [-0.1, -0.05) is 19.8 Å². The van der Waals surface area contributed by atoms with E-state index in [2.05, 4.69) is 23.5 Å². The van der Waals surface area contributed by atoms with Crippen LogP contribution in [0.15, 0.2) is 6.20 Å². The Balaban J connectivity index is 1.87. The predicted molar refractivity (Wildman–Crippen MR) is 72.3 cm³/mol. The van der Waals surface area contributed by atoms with Crippen molar-refractivity contribution in [2.24, 2.45) is 12.5 Å². The van der Waals surface area contributed by atoms with Crippen LogP contribution in [0.1, 0.15) is 43.9 Å². The van der Waals surface area contributed by atoms with E-state index in [9.17, 15) is 5.11 Å². The molecule has 4 heteroatoms. The summed E-state index contributed by atoms with van der Waals surface area (Å²) in [6.45, 7) is 4.23. The minimum Gasteiger partial charge on any atom is -0.396 e. The van der Waals surface area contributed by atoms with Crippen molar-refractivity contribution >= 4 is 0 Å². The van der Waals surface area contributed by atoms with Crippen molar-refractivity contribution in [1.29, 1.82) is 0 Å². The SMILES string of the molecule is CCc1nn(C)cc1CNCC1(CO)CCCC1. The summed E-state index contributed by atoms with van der Waals surface area (Å²) < 4.78 is 1.88. The lowest BCUT2D eigenvalue weighted by Gasteiger charge is -2.26. The molecule has 0 spiro atoms. The molecule has 0 bridgehead atoms. The van der Waals surface area contributed by atoms with Gasteiger partial charge >= 0.3 is 0 Å². The van der Waals surface area contributed by atoms with Gasteiger partial charge in [0.1, 0.15) is 0 Å². The molecule has 0 atom stereocenters. The predicted octanol–water partition coefficient (Wildman–Crippen LogP) is 1.62. The van der Waals surface area contributed by atoms with Crippen molar-refractivity contribution in [2.45, 2.75) is 45.6 Å². The van der Waals surface area contributed by atoms with Gasteiger partial charge in [0.05, 0.1) is 5.69 Å². The highest BCUT2D eigenvalue weighted by molar-refractivity contribution is 5.16. The summed E-state index contributed by atoms with van der Waals surface area (Å²) in [5.74, 6) is 0. The third-order valence-corrected chi connectivity index (χ3v) is 4.14. The second-order valence-corrected chi connectivity index (χ2v) is 5.60. The van der Waals surface area contributed by atoms with E-state index >= 15 is 0 Å². The van der Waals surface area contributed by atoms with Gasteiger partial charge in [0.25, 0.3) is 0 Å². The summed E-state index contributed by atoms with van der Waals surface area (Å²) >= 11 is 0. The number of nitrogens with one attached hydrogen (secondary N) is 1. The quantitative estimate of drug-likeness (QED) is 0.808. The van der Waals surface area contributed by atoms with Crippen molar-refractivity contribution in [3.8, 4) is 0 Å². The van der Waals surface area contributed by atoms with E-state index < -0.39 is 0 Å². The van der Waals surface area contributed by atoms with Crippen LogP contribution in [0.4, 0.5) is 0 Å². The molecule has 1 aliphatic carbocycles. The standard InChI is InChI=1S/C14H25N3O/c1-3-13-12(9-17(2)16-13)8-15-10-14(11-18)6-4-5-7-14/h9,15,18H,3-8,10-11H2,1-2H3. The number of nitrogens with zero attached hydrogens (tertiary/aromatic N) is 2. The third-order valence-electron chi connectivity index (χ3n) is 4.14. The Morgan fingerprint density at radius 2 is 2.17 bits per heavy atom. The molecule has 1 aromatic rings. The van der Waals surface area contributed by atoms with Crippen molar-refractivity contribution < 1.29 is 5.11 Å². The highest BCUT2D eigenvalue weighted by Gasteiger charge is 2.32. The molecule has 1 aromatic heterocycles. The van der Waals surface area contributed by atoms with Crippen LogP contribution in [0.2, 0.25) is 0 Å². The molecule has 0 amide bonds. The van der Waals surface area contributed by atoms with E-state index in [0.29, 0.717) is 6.61 Å². The molecule has 18 heavy (non-hydrogen) atoms. The van der Waals surface area contributed by atoms with Crippen molar-refractivity contribution in [1.82, 2.24) is 15.1 Å². The van der Waals surface area contributed by atoms with Crippen LogP contribution < -0.4 is 5.32 Å². The molecule has 0 unspecified atom stereocenters. The molecule has 1 aliphatic rings. The molecule has 0 saturated heterocycles. The second-order valence-electron chi connectivity index (χ2n) is 5.60. The minimum absolute atomic E-state index is 0.134. The van der Waals surface area contributed by atoms with E-state index in [-0.39, 0.29) is 5.41 Å². The molecular formula is C14H25N3O. The maximum Gasteiger partial charge on any atom is 0.0666 e. The van der Waals surface area contributed by atoms with Gasteiger partial charge in [-0.2, -0.15) is 5.10 Å². The Bertz CT molecular complexity index is 380. The van der Waals surface area contributed by atoms with Crippen LogP contribution >= 0.6 is 0 Å². The van der Waals surface area contributed by atoms with E-state index in [4.69, 9.17) is 0 Å². The Hall–Kier alpha value is -0.870. The maximum absolute atomic E-state index is 9.56. The van der Waals surface area contributed by atoms with Gasteiger partial charge in [0.15, 0.2) is 0 Å². The molecule has 1 heterocycles. The van der Waals surface area contributed by atoms with Crippen molar-refractivity contribution in [3.05, 3.63) is 17.5 Å². The molecule has 0 radical (unpaired) electrons. The Labute approximate surface area is 109 Å². The molecule has 4 nitrogen and oxygen atoms in total. The fraction of sp³-hybridized carbons (Fsp3) is 0.786. The average molecular weight is 251 g/mol. The Kier molecular flexibility index (Phi) is 4.40. The smallest absolute Gasteiger partial charge is 0.0666 e. The van der Waals surface area contributed by atoms with E-state index in [1.54, 1.807) is 0 Å². The zero-order valence-corrected chi connectivity index (χ0v) is 11.6. The summed E-state index contributed by atoms with van der Waals surface area (Å²) in [4.78, 5) is 0. The fourth-order valence-corrected chi connectivity index (χ4v) is 3.01. The van der Waals surface area contributed by atoms with Gasteiger partial charge in [0.2, 0.25) is 0 Å². The lowest BCUT2D eigenvalue weighted by atomic mass is 9.87. The number of rotatable bonds is 6. The molecule has 102 valence electrons. The second kappa shape index (κ2) is 5.85. The summed E-state index contributed by atoms with van der Waals surface area (Å²) in [6, 6.07) is 0. The number of hydrogen-bond acceptors (Lipinski definition) is 3. The van der Waals surface area contributed by atoms with Gasteiger partial charge in [-0.25, -0.2) is 0 Å². The van der Waals surface area contributed by atoms with E-state index in [0.717, 1.165) is 32.4 Å². The van der Waals surface area contributed by atoms with Crippen LogP contribution in [0.25, 0.3) is 0 Å². The van der Waals surface area contributed by atoms with Gasteiger partial charge in [0, 0.05) is 43.9 Å². The largest absolute Gasteiger partial charge is 0.396 e. The highest BCUT2D eigenvalue weighted by Crippen LogP contribution is 2.36. The number of aliphatic hydroxyl groups excluding tert-OH is 1. The van der Waals surface area contributed by atoms with Crippen molar-refractivity contribution in [3.63, 3.8) is 0 Å². The van der Waals surface area contributed by atoms with Crippen LogP contribution in [0, 0.1) is 5.41 Å². The average Bonchev–Trinajstić information content (AvgIpc) is 2.97. The topological polar surface area (TPSA) is 50.1 Å². The monoisotopic (exact) mass is 251 g/mol. The normalized spacial score (nSPS) is 18.4. The summed E-state index contributed by atoms with van der Waals surface area (Å²) in [7, 11) is 1.97. The zero-order valence-electron chi connectivity index (χ0n) is 11.6. The van der Waals surface area contributed by atoms with Gasteiger partial charge < -0.3 is 10.4 Å². The van der Waals surface area contributed by atoms with Crippen LogP contribution in [-0.2, 0) is 20.0 Å². The first-order valence-electron chi connectivity index (χ1n) is 7.02. The Morgan fingerprint density at radius 1 is 1.44 bits per heavy atom. The molecule has 1 fully saturated rings. The number of aliphatic hydroxyl groups is 1. The van der Waals surface area contributed by atoms with Crippen molar-refractivity contribution in [2.75, 3.05) is 13.2 Å². The highest BCUT2D eigenvalue weighted by atomic mass is 16.3. The van der Waals surface area contributed by atoms with Crippen LogP contribution in [0.5, 0.6) is 0 Å². The summed E-state index contributed by atoms with van der Waals surface area (Å²) in [6.07, 6.45) is 7.90. The van der Waals surface area contributed by atoms with E-state index in [1.165, 1.54) is 24.1 Å². The number of hydrogen-bond donors (Lipinski definition) is 2. The first kappa shape index (κ1) is 13.6. The lowest BCUT2D eigenvalue weighted by Crippen LogP contribution is -2.34. The van der Waals surface area contributed by atoms with Gasteiger partial charge in [-0.3, -0.25) is 4.68 Å². The first-order valence-corrected chi connectivity index (χ1v) is 7.02. The van der Waals surface area contributed by atoms with Gasteiger partial charge in [-0.15, -0.1) is 0 Å². The molecule has 2 rings (SSSR count). The van der Waals surface area contributed by atoms with Crippen LogP contribution in [0.3, 0.4) is 0 Å². The zero-order chi connectivity index (χ0) is 13.0. The molecule has 0 aliphatic heterocycles. The first-order chi connectivity index (χ1) is 8.69. The molecule has 1 saturated carbocycles. The fourth-order valence-electron chi connectivity index (χ4n) is 3.01. The summed E-state index contributed by atoms with van der Waals surface area (Å²) in [5, 5.41) is 17.5.